The number of esters is 1. The molecule has 7 nitrogen and oxygen atoms in total. The number of hydrogen-bond acceptors (Lipinski definition) is 5. The first kappa shape index (κ1) is 9.17. The van der Waals surface area contributed by atoms with Gasteiger partial charge in [-0.25, -0.2) is 9.59 Å². The molecule has 1 heterocycles. The average Bonchev–Trinajstić information content (AvgIpc) is 2.51. The Morgan fingerprint density at radius 2 is 2.46 bits per heavy atom. The molecule has 0 fully saturated rings. The molecule has 1 aromatic rings. The second kappa shape index (κ2) is 3.65. The molecule has 0 radical (unpaired) electrons. The highest BCUT2D eigenvalue weighted by molar-refractivity contribution is 6.28. The van der Waals surface area contributed by atoms with E-state index in [0.29, 0.717) is 4.68 Å². The van der Waals surface area contributed by atoms with Gasteiger partial charge in [-0.3, -0.25) is 0 Å². The zero-order valence-corrected chi connectivity index (χ0v) is 6.81. The first-order chi connectivity index (χ1) is 6.15. The SMILES string of the molecule is CCOC(=O)C(=O)[n+]1cc([NH-])on1. The molecular weight excluding hydrogens is 178 g/mol. The molecule has 70 valence electrons. The molecule has 0 atom stereocenters. The van der Waals surface area contributed by atoms with Crippen molar-refractivity contribution in [3.63, 3.8) is 0 Å². The number of aromatic nitrogens is 2. The highest BCUT2D eigenvalue weighted by atomic mass is 16.5. The molecule has 0 saturated carbocycles. The van der Waals surface area contributed by atoms with Crippen molar-refractivity contribution < 1.29 is 23.5 Å². The van der Waals surface area contributed by atoms with Crippen LogP contribution in [0.2, 0.25) is 0 Å². The molecular formula is C6H7N3O4. The van der Waals surface area contributed by atoms with Gasteiger partial charge in [-0.05, 0) is 6.92 Å². The van der Waals surface area contributed by atoms with Crippen LogP contribution in [-0.2, 0) is 9.53 Å². The van der Waals surface area contributed by atoms with Crippen molar-refractivity contribution in [3.8, 4) is 0 Å². The van der Waals surface area contributed by atoms with E-state index in [1.165, 1.54) is 0 Å². The summed E-state index contributed by atoms with van der Waals surface area (Å²) < 4.78 is 9.29. The Bertz CT molecular complexity index is 332. The predicted octanol–water partition coefficient (Wildman–Crippen LogP) is -0.151. The summed E-state index contributed by atoms with van der Waals surface area (Å²) in [6.07, 6.45) is 0.971. The van der Waals surface area contributed by atoms with E-state index in [4.69, 9.17) is 5.73 Å². The van der Waals surface area contributed by atoms with Gasteiger partial charge in [0.2, 0.25) is 11.5 Å². The monoisotopic (exact) mass is 185 g/mol. The molecule has 0 unspecified atom stereocenters. The van der Waals surface area contributed by atoms with Crippen LogP contribution in [-0.4, -0.2) is 23.8 Å². The first-order valence-electron chi connectivity index (χ1n) is 3.47. The summed E-state index contributed by atoms with van der Waals surface area (Å²) in [5.74, 6) is -2.32. The minimum atomic E-state index is -1.03. The number of nitrogens with zero attached hydrogens (tertiary/aromatic N) is 2. The molecule has 0 spiro atoms. The van der Waals surface area contributed by atoms with Crippen LogP contribution in [0.15, 0.2) is 10.7 Å². The molecule has 7 heteroatoms. The summed E-state index contributed by atoms with van der Waals surface area (Å²) in [6.45, 7) is 1.69. The third kappa shape index (κ3) is 2.01. The fourth-order valence-electron chi connectivity index (χ4n) is 0.628. The van der Waals surface area contributed by atoms with Crippen molar-refractivity contribution >= 4 is 17.8 Å². The van der Waals surface area contributed by atoms with Gasteiger partial charge >= 0.3 is 11.9 Å². The lowest BCUT2D eigenvalue weighted by Gasteiger charge is -1.91. The van der Waals surface area contributed by atoms with Gasteiger partial charge in [-0.15, -0.1) is 0 Å². The lowest BCUT2D eigenvalue weighted by molar-refractivity contribution is -0.644. The van der Waals surface area contributed by atoms with E-state index in [1.807, 2.05) is 0 Å². The van der Waals surface area contributed by atoms with Gasteiger partial charge < -0.3 is 15.0 Å². The molecule has 1 rings (SSSR count). The summed E-state index contributed by atoms with van der Waals surface area (Å²) in [6, 6.07) is 0. The summed E-state index contributed by atoms with van der Waals surface area (Å²) in [5, 5.41) is 3.12. The maximum atomic E-state index is 11.0. The Kier molecular flexibility index (Phi) is 2.58. The molecule has 1 aromatic heterocycles. The van der Waals surface area contributed by atoms with Crippen LogP contribution >= 0.6 is 0 Å². The van der Waals surface area contributed by atoms with Gasteiger partial charge in [0.05, 0.1) is 6.61 Å². The van der Waals surface area contributed by atoms with Crippen molar-refractivity contribution in [3.05, 3.63) is 11.9 Å². The van der Waals surface area contributed by atoms with Crippen LogP contribution in [0.1, 0.15) is 11.7 Å². The van der Waals surface area contributed by atoms with Crippen LogP contribution in [0.3, 0.4) is 0 Å². The second-order valence-electron chi connectivity index (χ2n) is 2.04. The number of carbonyl (C=O) groups excluding carboxylic acids is 2. The summed E-state index contributed by atoms with van der Waals surface area (Å²) in [5.41, 5.74) is 6.90. The fraction of sp³-hybridized carbons (Fsp3) is 0.333. The van der Waals surface area contributed by atoms with Crippen LogP contribution in [0, 0.1) is 0 Å². The average molecular weight is 185 g/mol. The molecule has 0 bridgehead atoms. The molecule has 0 aliphatic carbocycles. The molecule has 1 N–H and O–H groups in total. The number of rotatable bonds is 1. The van der Waals surface area contributed by atoms with E-state index in [9.17, 15) is 9.59 Å². The topological polar surface area (TPSA) is 97.1 Å². The van der Waals surface area contributed by atoms with E-state index in [0.717, 1.165) is 6.20 Å². The third-order valence-corrected chi connectivity index (χ3v) is 1.12. The quantitative estimate of drug-likeness (QED) is 0.344. The number of ether oxygens (including phenoxy) is 1. The van der Waals surface area contributed by atoms with Crippen LogP contribution in [0.25, 0.3) is 5.73 Å². The standard InChI is InChI=1S/C6H7N3O4/c1-2-12-6(11)5(10)9-3-4(7)13-8-9/h3H,2H2,1H3,(H-,7,8). The van der Waals surface area contributed by atoms with Crippen LogP contribution < -0.4 is 4.68 Å². The lowest BCUT2D eigenvalue weighted by Crippen LogP contribution is -2.48. The van der Waals surface area contributed by atoms with Gasteiger partial charge in [-0.1, -0.05) is 0 Å². The van der Waals surface area contributed by atoms with E-state index in [-0.39, 0.29) is 12.5 Å². The van der Waals surface area contributed by atoms with Crippen LogP contribution in [0.5, 0.6) is 0 Å². The minimum absolute atomic E-state index is 0.108. The third-order valence-electron chi connectivity index (χ3n) is 1.12. The molecule has 0 aliphatic rings. The van der Waals surface area contributed by atoms with Gasteiger partial charge in [0, 0.05) is 4.68 Å². The van der Waals surface area contributed by atoms with Crippen molar-refractivity contribution in [1.29, 1.82) is 0 Å². The Labute approximate surface area is 73.0 Å². The van der Waals surface area contributed by atoms with Gasteiger partial charge in [0.15, 0.2) is 0 Å². The molecule has 13 heavy (non-hydrogen) atoms. The zero-order chi connectivity index (χ0) is 9.84. The van der Waals surface area contributed by atoms with E-state index < -0.39 is 11.9 Å². The lowest BCUT2D eigenvalue weighted by atomic mass is 10.6. The normalized spacial score (nSPS) is 9.62. The number of hydrogen-bond donors (Lipinski definition) is 0. The van der Waals surface area contributed by atoms with Crippen molar-refractivity contribution in [2.24, 2.45) is 0 Å². The molecule has 0 saturated heterocycles. The summed E-state index contributed by atoms with van der Waals surface area (Å²) >= 11 is 0. The Morgan fingerprint density at radius 1 is 1.77 bits per heavy atom. The van der Waals surface area contributed by atoms with Gasteiger partial charge in [-0.2, -0.15) is 0 Å². The van der Waals surface area contributed by atoms with Crippen molar-refractivity contribution in [2.45, 2.75) is 6.92 Å². The van der Waals surface area contributed by atoms with E-state index in [1.54, 1.807) is 6.92 Å². The molecule has 0 aliphatic heterocycles. The van der Waals surface area contributed by atoms with Crippen molar-refractivity contribution in [2.75, 3.05) is 6.61 Å². The maximum Gasteiger partial charge on any atom is 0.530 e. The number of nitrogens with one attached hydrogen (secondary N) is 1. The van der Waals surface area contributed by atoms with Crippen LogP contribution in [0.4, 0.5) is 5.88 Å². The van der Waals surface area contributed by atoms with Gasteiger partial charge in [0.25, 0.3) is 0 Å². The van der Waals surface area contributed by atoms with Gasteiger partial charge in [0.1, 0.15) is 5.88 Å². The summed E-state index contributed by atoms with van der Waals surface area (Å²) in [4.78, 5) is 21.8. The Morgan fingerprint density at radius 3 is 2.92 bits per heavy atom. The maximum absolute atomic E-state index is 11.0. The smallest absolute Gasteiger partial charge is 0.530 e. The predicted molar refractivity (Wildman–Crippen MR) is 37.9 cm³/mol. The van der Waals surface area contributed by atoms with E-state index in [2.05, 4.69) is 14.5 Å². The zero-order valence-electron chi connectivity index (χ0n) is 6.81. The number of carbonyl (C=O) groups is 2. The highest BCUT2D eigenvalue weighted by Crippen LogP contribution is 2.00. The van der Waals surface area contributed by atoms with E-state index >= 15 is 0 Å². The fourth-order valence-corrected chi connectivity index (χ4v) is 0.628. The summed E-state index contributed by atoms with van der Waals surface area (Å²) in [7, 11) is 0. The largest absolute Gasteiger partial charge is 0.660 e. The molecule has 0 aromatic carbocycles. The van der Waals surface area contributed by atoms with Crippen molar-refractivity contribution in [1.82, 2.24) is 5.27 Å². The minimum Gasteiger partial charge on any atom is -0.660 e. The highest BCUT2D eigenvalue weighted by Gasteiger charge is 2.29. The Balaban J connectivity index is 2.73. The Hall–Kier alpha value is -1.92. The first-order valence-corrected chi connectivity index (χ1v) is 3.47. The molecule has 0 amide bonds. The second-order valence-corrected chi connectivity index (χ2v) is 2.04.